The average molecular weight is 256 g/mol. The summed E-state index contributed by atoms with van der Waals surface area (Å²) in [6, 6.07) is 6.54. The molecule has 1 aliphatic rings. The normalized spacial score (nSPS) is 23.2. The monoisotopic (exact) mass is 256 g/mol. The second kappa shape index (κ2) is 5.43. The highest BCUT2D eigenvalue weighted by atomic mass is 15.3. The van der Waals surface area contributed by atoms with Crippen LogP contribution in [0.15, 0.2) is 36.8 Å². The van der Waals surface area contributed by atoms with Gasteiger partial charge < -0.3 is 5.32 Å². The van der Waals surface area contributed by atoms with Crippen LogP contribution in [0.5, 0.6) is 0 Å². The second-order valence-corrected chi connectivity index (χ2v) is 5.43. The van der Waals surface area contributed by atoms with Crippen LogP contribution in [0.3, 0.4) is 0 Å². The number of nitrogens with one attached hydrogen (secondary N) is 1. The number of hydrogen-bond acceptors (Lipinski definition) is 3. The van der Waals surface area contributed by atoms with Crippen LogP contribution in [0, 0.1) is 5.92 Å². The minimum absolute atomic E-state index is 0.565. The Bertz CT molecular complexity index is 513. The standard InChI is InChI=1S/C15H20N4/c1-12-5-7-13(8-6-12)18-14-4-2-9-16-15(14)19-11-3-10-17-19/h2-4,9-13,18H,5-8H2,1H3. The van der Waals surface area contributed by atoms with E-state index in [1.807, 2.05) is 29.2 Å². The molecule has 1 N–H and O–H groups in total. The van der Waals surface area contributed by atoms with Gasteiger partial charge in [0.1, 0.15) is 0 Å². The van der Waals surface area contributed by atoms with Gasteiger partial charge in [-0.2, -0.15) is 5.10 Å². The third kappa shape index (κ3) is 2.78. The van der Waals surface area contributed by atoms with Gasteiger partial charge in [-0.05, 0) is 49.8 Å². The van der Waals surface area contributed by atoms with Gasteiger partial charge in [-0.3, -0.25) is 0 Å². The first-order valence-electron chi connectivity index (χ1n) is 7.04. The number of aromatic nitrogens is 3. The predicted molar refractivity (Wildman–Crippen MR) is 76.4 cm³/mol. The Labute approximate surface area is 113 Å². The van der Waals surface area contributed by atoms with E-state index in [1.54, 1.807) is 6.20 Å². The SMILES string of the molecule is CC1CCC(Nc2cccnc2-n2cccn2)CC1. The van der Waals surface area contributed by atoms with Crippen LogP contribution in [0.2, 0.25) is 0 Å². The molecular weight excluding hydrogens is 236 g/mol. The molecular formula is C15H20N4. The van der Waals surface area contributed by atoms with E-state index in [0.29, 0.717) is 6.04 Å². The zero-order valence-electron chi connectivity index (χ0n) is 11.3. The van der Waals surface area contributed by atoms with E-state index >= 15 is 0 Å². The first kappa shape index (κ1) is 12.2. The van der Waals surface area contributed by atoms with Crippen LogP contribution in [0.25, 0.3) is 5.82 Å². The van der Waals surface area contributed by atoms with Gasteiger partial charge in [0.2, 0.25) is 0 Å². The molecule has 0 saturated heterocycles. The fraction of sp³-hybridized carbons (Fsp3) is 0.467. The van der Waals surface area contributed by atoms with Crippen molar-refractivity contribution in [1.29, 1.82) is 0 Å². The summed E-state index contributed by atoms with van der Waals surface area (Å²) in [7, 11) is 0. The van der Waals surface area contributed by atoms with Gasteiger partial charge in [-0.25, -0.2) is 9.67 Å². The lowest BCUT2D eigenvalue weighted by Crippen LogP contribution is -2.26. The van der Waals surface area contributed by atoms with Crippen molar-refractivity contribution in [2.75, 3.05) is 5.32 Å². The van der Waals surface area contributed by atoms with Gasteiger partial charge in [0.15, 0.2) is 5.82 Å². The van der Waals surface area contributed by atoms with E-state index in [9.17, 15) is 0 Å². The summed E-state index contributed by atoms with van der Waals surface area (Å²) in [6.45, 7) is 2.34. The Morgan fingerprint density at radius 3 is 2.74 bits per heavy atom. The van der Waals surface area contributed by atoms with Crippen LogP contribution < -0.4 is 5.32 Å². The summed E-state index contributed by atoms with van der Waals surface area (Å²) in [4.78, 5) is 4.44. The zero-order valence-corrected chi connectivity index (χ0v) is 11.3. The Kier molecular flexibility index (Phi) is 3.49. The maximum atomic E-state index is 4.44. The molecule has 0 atom stereocenters. The number of pyridine rings is 1. The second-order valence-electron chi connectivity index (χ2n) is 5.43. The van der Waals surface area contributed by atoms with E-state index in [-0.39, 0.29) is 0 Å². The lowest BCUT2D eigenvalue weighted by atomic mass is 9.87. The van der Waals surface area contributed by atoms with Crippen molar-refractivity contribution >= 4 is 5.69 Å². The van der Waals surface area contributed by atoms with E-state index in [0.717, 1.165) is 17.4 Å². The molecule has 1 fully saturated rings. The van der Waals surface area contributed by atoms with E-state index in [2.05, 4.69) is 28.4 Å². The van der Waals surface area contributed by atoms with Crippen molar-refractivity contribution in [2.24, 2.45) is 5.92 Å². The van der Waals surface area contributed by atoms with Crippen molar-refractivity contribution in [3.05, 3.63) is 36.8 Å². The molecule has 0 bridgehead atoms. The Morgan fingerprint density at radius 1 is 1.16 bits per heavy atom. The molecule has 4 heteroatoms. The summed E-state index contributed by atoms with van der Waals surface area (Å²) in [5.74, 6) is 1.75. The zero-order chi connectivity index (χ0) is 13.1. The highest BCUT2D eigenvalue weighted by Gasteiger charge is 2.19. The van der Waals surface area contributed by atoms with Gasteiger partial charge in [0.25, 0.3) is 0 Å². The molecule has 2 aromatic rings. The first-order chi connectivity index (χ1) is 9.33. The van der Waals surface area contributed by atoms with Crippen LogP contribution in [0.4, 0.5) is 5.69 Å². The molecule has 19 heavy (non-hydrogen) atoms. The smallest absolute Gasteiger partial charge is 0.176 e. The summed E-state index contributed by atoms with van der Waals surface area (Å²) in [5.41, 5.74) is 1.07. The van der Waals surface area contributed by atoms with Crippen molar-refractivity contribution in [2.45, 2.75) is 38.6 Å². The minimum Gasteiger partial charge on any atom is -0.379 e. The van der Waals surface area contributed by atoms with Gasteiger partial charge in [0.05, 0.1) is 5.69 Å². The lowest BCUT2D eigenvalue weighted by Gasteiger charge is -2.28. The van der Waals surface area contributed by atoms with Crippen molar-refractivity contribution < 1.29 is 0 Å². The van der Waals surface area contributed by atoms with Crippen molar-refractivity contribution in [3.63, 3.8) is 0 Å². The largest absolute Gasteiger partial charge is 0.379 e. The molecule has 0 unspecified atom stereocenters. The van der Waals surface area contributed by atoms with Gasteiger partial charge in [-0.15, -0.1) is 0 Å². The van der Waals surface area contributed by atoms with Gasteiger partial charge in [0, 0.05) is 24.6 Å². The quantitative estimate of drug-likeness (QED) is 0.916. The molecule has 2 aromatic heterocycles. The number of nitrogens with zero attached hydrogens (tertiary/aromatic N) is 3. The van der Waals surface area contributed by atoms with Crippen LogP contribution in [-0.2, 0) is 0 Å². The molecule has 0 amide bonds. The number of anilines is 1. The number of rotatable bonds is 3. The molecule has 0 aromatic carbocycles. The summed E-state index contributed by atoms with van der Waals surface area (Å²) >= 11 is 0. The van der Waals surface area contributed by atoms with Crippen LogP contribution >= 0.6 is 0 Å². The Morgan fingerprint density at radius 2 is 2.00 bits per heavy atom. The molecule has 4 nitrogen and oxygen atoms in total. The Hall–Kier alpha value is -1.84. The van der Waals surface area contributed by atoms with Gasteiger partial charge >= 0.3 is 0 Å². The van der Waals surface area contributed by atoms with Crippen LogP contribution in [0.1, 0.15) is 32.6 Å². The molecule has 0 aliphatic heterocycles. The minimum atomic E-state index is 0.565. The molecule has 0 radical (unpaired) electrons. The van der Waals surface area contributed by atoms with Gasteiger partial charge in [-0.1, -0.05) is 6.92 Å². The highest BCUT2D eigenvalue weighted by Crippen LogP contribution is 2.27. The molecule has 0 spiro atoms. The summed E-state index contributed by atoms with van der Waals surface area (Å²) in [6.07, 6.45) is 10.6. The third-order valence-corrected chi connectivity index (χ3v) is 3.88. The summed E-state index contributed by atoms with van der Waals surface area (Å²) in [5, 5.41) is 7.90. The number of hydrogen-bond donors (Lipinski definition) is 1. The topological polar surface area (TPSA) is 42.7 Å². The summed E-state index contributed by atoms with van der Waals surface area (Å²) < 4.78 is 1.81. The fourth-order valence-electron chi connectivity index (χ4n) is 2.71. The lowest BCUT2D eigenvalue weighted by molar-refractivity contribution is 0.361. The average Bonchev–Trinajstić information content (AvgIpc) is 2.96. The molecule has 1 saturated carbocycles. The Balaban J connectivity index is 1.78. The van der Waals surface area contributed by atoms with E-state index in [4.69, 9.17) is 0 Å². The van der Waals surface area contributed by atoms with Crippen molar-refractivity contribution in [1.82, 2.24) is 14.8 Å². The fourth-order valence-corrected chi connectivity index (χ4v) is 2.71. The molecule has 3 rings (SSSR count). The maximum Gasteiger partial charge on any atom is 0.176 e. The highest BCUT2D eigenvalue weighted by molar-refractivity contribution is 5.56. The maximum absolute atomic E-state index is 4.44. The predicted octanol–water partition coefficient (Wildman–Crippen LogP) is 3.26. The van der Waals surface area contributed by atoms with E-state index < -0.39 is 0 Å². The molecule has 2 heterocycles. The van der Waals surface area contributed by atoms with Crippen LogP contribution in [-0.4, -0.2) is 20.8 Å². The van der Waals surface area contributed by atoms with Crippen molar-refractivity contribution in [3.8, 4) is 5.82 Å². The molecule has 1 aliphatic carbocycles. The first-order valence-corrected chi connectivity index (χ1v) is 7.04. The third-order valence-electron chi connectivity index (χ3n) is 3.88. The molecule has 100 valence electrons. The van der Waals surface area contributed by atoms with E-state index in [1.165, 1.54) is 25.7 Å².